The smallest absolute Gasteiger partial charge is 0.138 e. The minimum Gasteiger partial charge on any atom is -0.400 e. The van der Waals surface area contributed by atoms with E-state index in [4.69, 9.17) is 5.73 Å². The van der Waals surface area contributed by atoms with E-state index in [1.165, 1.54) is 6.07 Å². The second-order valence-corrected chi connectivity index (χ2v) is 4.86. The lowest BCUT2D eigenvalue weighted by Crippen LogP contribution is -2.20. The van der Waals surface area contributed by atoms with E-state index in [0.29, 0.717) is 11.3 Å². The molecule has 1 heterocycles. The number of azo groups is 1. The average molecular weight is 306 g/mol. The summed E-state index contributed by atoms with van der Waals surface area (Å²) in [5.74, 6) is -0.278. The summed E-state index contributed by atoms with van der Waals surface area (Å²) in [5, 5.41) is 7.88. The number of benzene rings is 1. The Morgan fingerprint density at radius 3 is 2.83 bits per heavy atom. The molecule has 1 unspecified atom stereocenters. The Kier molecular flexibility index (Phi) is 2.63. The number of nitrogens with zero attached hydrogens (tertiary/aromatic N) is 2. The van der Waals surface area contributed by atoms with Crippen molar-refractivity contribution in [2.75, 3.05) is 0 Å². The zero-order valence-electron chi connectivity index (χ0n) is 9.27. The minimum absolute atomic E-state index is 0.241. The molecule has 1 aliphatic heterocycles. The van der Waals surface area contributed by atoms with Crippen LogP contribution in [0.2, 0.25) is 0 Å². The van der Waals surface area contributed by atoms with Crippen molar-refractivity contribution >= 4 is 21.5 Å². The first-order valence-corrected chi connectivity index (χ1v) is 6.20. The highest BCUT2D eigenvalue weighted by Crippen LogP contribution is 2.40. The Bertz CT molecular complexity index is 643. The normalized spacial score (nSPS) is 21.8. The summed E-state index contributed by atoms with van der Waals surface area (Å²) in [6.45, 7) is 0. The number of nitrogens with two attached hydrogens (primary N) is 1. The standard InChI is InChI=1S/C13H9BrFN3/c14-12-8(7-3-1-2-4-10(7)15)5-11(16)13-9(12)6-17-18-13/h1-6,13H,16H2. The summed E-state index contributed by atoms with van der Waals surface area (Å²) in [6, 6.07) is 6.36. The van der Waals surface area contributed by atoms with Crippen molar-refractivity contribution in [3.05, 3.63) is 63.7 Å². The zero-order chi connectivity index (χ0) is 12.7. The Hall–Kier alpha value is -1.75. The van der Waals surface area contributed by atoms with Crippen LogP contribution in [0, 0.1) is 5.82 Å². The summed E-state index contributed by atoms with van der Waals surface area (Å²) in [6.07, 6.45) is 3.39. The maximum absolute atomic E-state index is 13.8. The predicted molar refractivity (Wildman–Crippen MR) is 71.2 cm³/mol. The van der Waals surface area contributed by atoms with Crippen molar-refractivity contribution in [1.29, 1.82) is 0 Å². The van der Waals surface area contributed by atoms with Gasteiger partial charge in [0.25, 0.3) is 0 Å². The van der Waals surface area contributed by atoms with Crippen LogP contribution in [0.25, 0.3) is 5.57 Å². The van der Waals surface area contributed by atoms with E-state index in [0.717, 1.165) is 15.6 Å². The number of hydrogen-bond acceptors (Lipinski definition) is 3. The molecule has 0 saturated carbocycles. The molecule has 0 bridgehead atoms. The van der Waals surface area contributed by atoms with Crippen LogP contribution in [0.15, 0.2) is 62.5 Å². The maximum Gasteiger partial charge on any atom is 0.138 e. The summed E-state index contributed by atoms with van der Waals surface area (Å²) in [4.78, 5) is 0. The van der Waals surface area contributed by atoms with Crippen molar-refractivity contribution in [3.63, 3.8) is 0 Å². The van der Waals surface area contributed by atoms with Crippen molar-refractivity contribution in [3.8, 4) is 0 Å². The highest BCUT2D eigenvalue weighted by Gasteiger charge is 2.29. The predicted octanol–water partition coefficient (Wildman–Crippen LogP) is 3.51. The molecule has 0 fully saturated rings. The first-order chi connectivity index (χ1) is 8.68. The van der Waals surface area contributed by atoms with Crippen LogP contribution >= 0.6 is 15.9 Å². The molecule has 1 aromatic carbocycles. The molecule has 0 amide bonds. The SMILES string of the molecule is NC1=CC(c2ccccc2F)=C(Br)C2=CN=NC12. The van der Waals surface area contributed by atoms with Gasteiger partial charge in [0.05, 0.1) is 6.20 Å². The van der Waals surface area contributed by atoms with Gasteiger partial charge in [0.1, 0.15) is 11.9 Å². The molecule has 2 N–H and O–H groups in total. The summed E-state index contributed by atoms with van der Waals surface area (Å²) in [7, 11) is 0. The molecule has 1 aromatic rings. The Morgan fingerprint density at radius 2 is 2.06 bits per heavy atom. The molecule has 1 aliphatic carbocycles. The molecule has 0 saturated heterocycles. The molecule has 0 spiro atoms. The number of fused-ring (bicyclic) bond motifs is 1. The van der Waals surface area contributed by atoms with E-state index in [-0.39, 0.29) is 11.9 Å². The van der Waals surface area contributed by atoms with Crippen molar-refractivity contribution in [2.45, 2.75) is 6.04 Å². The van der Waals surface area contributed by atoms with Crippen LogP contribution in [0.3, 0.4) is 0 Å². The second-order valence-electron chi connectivity index (χ2n) is 4.07. The second kappa shape index (κ2) is 4.17. The molecular weight excluding hydrogens is 297 g/mol. The maximum atomic E-state index is 13.8. The molecule has 2 aliphatic rings. The first kappa shape index (κ1) is 11.3. The fraction of sp³-hybridized carbons (Fsp3) is 0.0769. The van der Waals surface area contributed by atoms with Gasteiger partial charge in [0.15, 0.2) is 0 Å². The Labute approximate surface area is 112 Å². The number of hydrogen-bond donors (Lipinski definition) is 1. The van der Waals surface area contributed by atoms with E-state index in [2.05, 4.69) is 26.2 Å². The zero-order valence-corrected chi connectivity index (χ0v) is 10.9. The Morgan fingerprint density at radius 1 is 1.28 bits per heavy atom. The third-order valence-electron chi connectivity index (χ3n) is 2.95. The largest absolute Gasteiger partial charge is 0.400 e. The van der Waals surface area contributed by atoms with Crippen molar-refractivity contribution in [1.82, 2.24) is 0 Å². The van der Waals surface area contributed by atoms with Gasteiger partial charge in [0.2, 0.25) is 0 Å². The Balaban J connectivity index is 2.19. The molecule has 1 atom stereocenters. The topological polar surface area (TPSA) is 50.7 Å². The van der Waals surface area contributed by atoms with E-state index in [1.807, 2.05) is 0 Å². The van der Waals surface area contributed by atoms with Gasteiger partial charge in [-0.25, -0.2) is 4.39 Å². The summed E-state index contributed by atoms with van der Waals surface area (Å²) in [5.41, 5.74) is 8.63. The van der Waals surface area contributed by atoms with Crippen LogP contribution in [0.4, 0.5) is 4.39 Å². The van der Waals surface area contributed by atoms with E-state index in [9.17, 15) is 4.39 Å². The molecule has 18 heavy (non-hydrogen) atoms. The molecular formula is C13H9BrFN3. The van der Waals surface area contributed by atoms with Gasteiger partial charge in [-0.3, -0.25) is 0 Å². The van der Waals surface area contributed by atoms with Crippen LogP contribution in [-0.2, 0) is 0 Å². The lowest BCUT2D eigenvalue weighted by atomic mass is 9.92. The van der Waals surface area contributed by atoms with Crippen LogP contribution in [0.1, 0.15) is 5.56 Å². The van der Waals surface area contributed by atoms with Gasteiger partial charge in [0, 0.05) is 26.9 Å². The van der Waals surface area contributed by atoms with Crippen molar-refractivity contribution < 1.29 is 4.39 Å². The van der Waals surface area contributed by atoms with Gasteiger partial charge in [-0.2, -0.15) is 10.2 Å². The minimum atomic E-state index is -0.278. The summed E-state index contributed by atoms with van der Waals surface area (Å²) >= 11 is 3.48. The molecule has 5 heteroatoms. The van der Waals surface area contributed by atoms with E-state index < -0.39 is 0 Å². The number of halogens is 2. The van der Waals surface area contributed by atoms with Crippen LogP contribution in [0.5, 0.6) is 0 Å². The van der Waals surface area contributed by atoms with E-state index in [1.54, 1.807) is 30.5 Å². The fourth-order valence-electron chi connectivity index (χ4n) is 2.06. The monoisotopic (exact) mass is 305 g/mol. The molecule has 90 valence electrons. The van der Waals surface area contributed by atoms with Gasteiger partial charge in [-0.1, -0.05) is 18.2 Å². The summed E-state index contributed by atoms with van der Waals surface area (Å²) < 4.78 is 14.6. The van der Waals surface area contributed by atoms with Gasteiger partial charge in [-0.05, 0) is 28.1 Å². The average Bonchev–Trinajstić information content (AvgIpc) is 2.85. The third-order valence-corrected chi connectivity index (χ3v) is 3.84. The number of allylic oxidation sites excluding steroid dienone is 2. The van der Waals surface area contributed by atoms with Crippen LogP contribution < -0.4 is 5.73 Å². The molecule has 3 rings (SSSR count). The van der Waals surface area contributed by atoms with Gasteiger partial charge < -0.3 is 5.73 Å². The fourth-order valence-corrected chi connectivity index (χ4v) is 2.71. The van der Waals surface area contributed by atoms with Crippen LogP contribution in [-0.4, -0.2) is 6.04 Å². The molecule has 3 nitrogen and oxygen atoms in total. The lowest BCUT2D eigenvalue weighted by molar-refractivity contribution is 0.624. The van der Waals surface area contributed by atoms with Crippen molar-refractivity contribution in [2.24, 2.45) is 16.0 Å². The third kappa shape index (κ3) is 1.62. The first-order valence-electron chi connectivity index (χ1n) is 5.40. The van der Waals surface area contributed by atoms with E-state index >= 15 is 0 Å². The molecule has 0 aromatic heterocycles. The van der Waals surface area contributed by atoms with Gasteiger partial charge >= 0.3 is 0 Å². The highest BCUT2D eigenvalue weighted by atomic mass is 79.9. The molecule has 0 radical (unpaired) electrons. The number of rotatable bonds is 1. The van der Waals surface area contributed by atoms with Gasteiger partial charge in [-0.15, -0.1) is 0 Å². The lowest BCUT2D eigenvalue weighted by Gasteiger charge is -2.20. The quantitative estimate of drug-likeness (QED) is 0.848. The highest BCUT2D eigenvalue weighted by molar-refractivity contribution is 9.12.